The molecule has 8 heteroatoms. The zero-order valence-corrected chi connectivity index (χ0v) is 6.81. The molecule has 0 radical (unpaired) electrons. The zero-order chi connectivity index (χ0) is 8.58. The van der Waals surface area contributed by atoms with Gasteiger partial charge in [-0.3, -0.25) is 0 Å². The minimum atomic E-state index is -4.07. The van der Waals surface area contributed by atoms with Crippen LogP contribution in [0.25, 0.3) is 0 Å². The number of hydrogen-bond acceptors (Lipinski definition) is 4. The van der Waals surface area contributed by atoms with Gasteiger partial charge in [0.1, 0.15) is 0 Å². The van der Waals surface area contributed by atoms with Crippen LogP contribution in [0.5, 0.6) is 0 Å². The third kappa shape index (κ3) is 2.60. The fourth-order valence-electron chi connectivity index (χ4n) is 0.187. The highest BCUT2D eigenvalue weighted by molar-refractivity contribution is 8.07. The van der Waals surface area contributed by atoms with Gasteiger partial charge in [0.25, 0.3) is 0 Å². The number of sulfonamides is 2. The first kappa shape index (κ1) is 9.82. The van der Waals surface area contributed by atoms with E-state index >= 15 is 0 Å². The third-order valence-electron chi connectivity index (χ3n) is 0.925. The summed E-state index contributed by atoms with van der Waals surface area (Å²) in [6.07, 6.45) is 0. The molecular formula is C2H8N2O4S2. The zero-order valence-electron chi connectivity index (χ0n) is 5.18. The molecule has 0 heterocycles. The highest BCUT2D eigenvalue weighted by atomic mass is 32.3. The molecule has 0 bridgehead atoms. The van der Waals surface area contributed by atoms with Crippen molar-refractivity contribution >= 4 is 20.0 Å². The van der Waals surface area contributed by atoms with Crippen molar-refractivity contribution in [1.82, 2.24) is 0 Å². The molecule has 0 aliphatic carbocycles. The minimum absolute atomic E-state index is 0.907. The fourth-order valence-corrected chi connectivity index (χ4v) is 1.68. The van der Waals surface area contributed by atoms with Crippen LogP contribution in [0.2, 0.25) is 0 Å². The van der Waals surface area contributed by atoms with Crippen LogP contribution in [0.15, 0.2) is 0 Å². The third-order valence-corrected chi connectivity index (χ3v) is 4.39. The minimum Gasteiger partial charge on any atom is -0.228 e. The van der Waals surface area contributed by atoms with E-state index < -0.39 is 24.6 Å². The standard InChI is InChI=1S/C2H8N2O4S2/c1-2(9(3,5)6)10(4,7)8/h2H,1H3,(H2,3,5,6)(H2,4,7,8). The first-order chi connectivity index (χ1) is 4.15. The summed E-state index contributed by atoms with van der Waals surface area (Å²) in [6, 6.07) is 0. The molecule has 0 aliphatic rings. The summed E-state index contributed by atoms with van der Waals surface area (Å²) in [7, 11) is -8.15. The predicted molar refractivity (Wildman–Crippen MR) is 35.7 cm³/mol. The second-order valence-corrected chi connectivity index (χ2v) is 5.81. The predicted octanol–water partition coefficient (Wildman–Crippen LogP) is -2.09. The normalized spacial score (nSPS) is 14.0. The summed E-state index contributed by atoms with van der Waals surface area (Å²) in [5, 5.41) is 8.96. The van der Waals surface area contributed by atoms with Crippen molar-refractivity contribution in [2.24, 2.45) is 10.3 Å². The van der Waals surface area contributed by atoms with Crippen LogP contribution in [0.4, 0.5) is 0 Å². The molecule has 0 amide bonds. The van der Waals surface area contributed by atoms with E-state index in [-0.39, 0.29) is 0 Å². The molecule has 10 heavy (non-hydrogen) atoms. The first-order valence-electron chi connectivity index (χ1n) is 2.19. The van der Waals surface area contributed by atoms with Crippen LogP contribution in [0.3, 0.4) is 0 Å². The summed E-state index contributed by atoms with van der Waals surface area (Å²) in [5.74, 6) is 0. The molecule has 62 valence electrons. The lowest BCUT2D eigenvalue weighted by Gasteiger charge is -2.03. The topological polar surface area (TPSA) is 120 Å². The Kier molecular flexibility index (Phi) is 2.41. The Morgan fingerprint density at radius 2 is 1.20 bits per heavy atom. The van der Waals surface area contributed by atoms with Crippen LogP contribution in [-0.4, -0.2) is 21.4 Å². The van der Waals surface area contributed by atoms with Crippen molar-refractivity contribution < 1.29 is 16.8 Å². The Morgan fingerprint density at radius 1 is 1.00 bits per heavy atom. The van der Waals surface area contributed by atoms with E-state index in [2.05, 4.69) is 10.3 Å². The molecule has 0 spiro atoms. The van der Waals surface area contributed by atoms with Gasteiger partial charge >= 0.3 is 0 Å². The van der Waals surface area contributed by atoms with Gasteiger partial charge in [-0.15, -0.1) is 0 Å². The molecule has 0 fully saturated rings. The fraction of sp³-hybridized carbons (Fsp3) is 1.00. The Bertz CT molecular complexity index is 268. The number of rotatable bonds is 2. The second kappa shape index (κ2) is 2.46. The van der Waals surface area contributed by atoms with Crippen molar-refractivity contribution in [3.05, 3.63) is 0 Å². The number of hydrogen-bond donors (Lipinski definition) is 2. The van der Waals surface area contributed by atoms with Crippen LogP contribution in [0, 0.1) is 0 Å². The summed E-state index contributed by atoms with van der Waals surface area (Å²) in [4.78, 5) is 0. The van der Waals surface area contributed by atoms with Crippen LogP contribution < -0.4 is 10.3 Å². The lowest BCUT2D eigenvalue weighted by atomic mass is 11.0. The lowest BCUT2D eigenvalue weighted by Crippen LogP contribution is -2.37. The smallest absolute Gasteiger partial charge is 0.227 e. The van der Waals surface area contributed by atoms with Crippen LogP contribution in [0.1, 0.15) is 6.92 Å². The highest BCUT2D eigenvalue weighted by Crippen LogP contribution is 1.99. The number of nitrogens with two attached hydrogens (primary N) is 2. The maximum Gasteiger partial charge on any atom is 0.227 e. The van der Waals surface area contributed by atoms with Gasteiger partial charge in [0, 0.05) is 0 Å². The van der Waals surface area contributed by atoms with E-state index in [1.165, 1.54) is 0 Å². The maximum absolute atomic E-state index is 10.3. The molecule has 4 N–H and O–H groups in total. The second-order valence-electron chi connectivity index (χ2n) is 1.75. The van der Waals surface area contributed by atoms with E-state index in [4.69, 9.17) is 0 Å². The monoisotopic (exact) mass is 188 g/mol. The summed E-state index contributed by atoms with van der Waals surface area (Å²) in [5.41, 5.74) is 0. The Labute approximate surface area is 59.3 Å². The summed E-state index contributed by atoms with van der Waals surface area (Å²) >= 11 is 0. The van der Waals surface area contributed by atoms with Crippen molar-refractivity contribution in [3.8, 4) is 0 Å². The molecule has 0 rings (SSSR count). The molecule has 0 aliphatic heterocycles. The van der Waals surface area contributed by atoms with Crippen molar-refractivity contribution in [2.75, 3.05) is 0 Å². The van der Waals surface area contributed by atoms with E-state index in [0.717, 1.165) is 6.92 Å². The van der Waals surface area contributed by atoms with Crippen LogP contribution in [-0.2, 0) is 20.0 Å². The SMILES string of the molecule is CC(S(N)(=O)=O)S(N)(=O)=O. The Hall–Kier alpha value is -0.180. The van der Waals surface area contributed by atoms with Gasteiger partial charge in [-0.05, 0) is 6.92 Å². The molecule has 6 nitrogen and oxygen atoms in total. The molecule has 0 aromatic carbocycles. The maximum atomic E-state index is 10.3. The summed E-state index contributed by atoms with van der Waals surface area (Å²) < 4.78 is 39.4. The largest absolute Gasteiger partial charge is 0.228 e. The average Bonchev–Trinajstić information content (AvgIpc) is 1.59. The van der Waals surface area contributed by atoms with Crippen molar-refractivity contribution in [2.45, 2.75) is 11.5 Å². The average molecular weight is 188 g/mol. The van der Waals surface area contributed by atoms with E-state index in [1.807, 2.05) is 0 Å². The Balaban J connectivity index is 4.94. The summed E-state index contributed by atoms with van der Waals surface area (Å²) in [6.45, 7) is 0.907. The quantitative estimate of drug-likeness (QED) is 0.516. The van der Waals surface area contributed by atoms with Gasteiger partial charge < -0.3 is 0 Å². The Morgan fingerprint density at radius 3 is 1.20 bits per heavy atom. The number of primary sulfonamides is 2. The molecule has 0 saturated carbocycles. The first-order valence-corrected chi connectivity index (χ1v) is 5.41. The molecule has 0 saturated heterocycles. The molecular weight excluding hydrogens is 180 g/mol. The van der Waals surface area contributed by atoms with Crippen LogP contribution >= 0.6 is 0 Å². The lowest BCUT2D eigenvalue weighted by molar-refractivity contribution is 0.580. The van der Waals surface area contributed by atoms with Crippen molar-refractivity contribution in [1.29, 1.82) is 0 Å². The highest BCUT2D eigenvalue weighted by Gasteiger charge is 2.26. The van der Waals surface area contributed by atoms with Gasteiger partial charge in [-0.2, -0.15) is 0 Å². The van der Waals surface area contributed by atoms with Crippen molar-refractivity contribution in [3.63, 3.8) is 0 Å². The molecule has 0 unspecified atom stereocenters. The van der Waals surface area contributed by atoms with Gasteiger partial charge in [-0.25, -0.2) is 27.1 Å². The van der Waals surface area contributed by atoms with Gasteiger partial charge in [-0.1, -0.05) is 0 Å². The van der Waals surface area contributed by atoms with Gasteiger partial charge in [0.05, 0.1) is 0 Å². The van der Waals surface area contributed by atoms with Gasteiger partial charge in [0.2, 0.25) is 20.0 Å². The molecule has 0 atom stereocenters. The van der Waals surface area contributed by atoms with E-state index in [0.29, 0.717) is 0 Å². The van der Waals surface area contributed by atoms with Gasteiger partial charge in [0.15, 0.2) is 4.58 Å². The molecule has 0 aromatic rings. The van der Waals surface area contributed by atoms with E-state index in [9.17, 15) is 16.8 Å². The molecule has 0 aromatic heterocycles. The van der Waals surface area contributed by atoms with E-state index in [1.54, 1.807) is 0 Å².